The van der Waals surface area contributed by atoms with Crippen LogP contribution in [0, 0.1) is 0 Å². The number of hydrogen-bond acceptors (Lipinski definition) is 5. The van der Waals surface area contributed by atoms with Crippen molar-refractivity contribution in [1.29, 1.82) is 0 Å². The molecule has 0 spiro atoms. The third-order valence-corrected chi connectivity index (χ3v) is 10.9. The average Bonchev–Trinajstić information content (AvgIpc) is 3.74. The number of anilines is 2. The SMILES string of the molecule is Nc1c(Cl)cc(CC(NC(=O)N2CCC(N3CCc4ccccc4NC3=O)CC2)c2nc3ccccc3n2CCCN2CCCC2)cc1C(F)(F)F. The summed E-state index contributed by atoms with van der Waals surface area (Å²) in [6, 6.07) is 16.6. The Morgan fingerprint density at radius 1 is 1.00 bits per heavy atom. The maximum atomic E-state index is 14.0. The third kappa shape index (κ3) is 7.80. The van der Waals surface area contributed by atoms with E-state index in [0.29, 0.717) is 44.8 Å². The quantitative estimate of drug-likeness (QED) is 0.156. The largest absolute Gasteiger partial charge is 0.418 e. The van der Waals surface area contributed by atoms with Crippen molar-refractivity contribution < 1.29 is 22.8 Å². The van der Waals surface area contributed by atoms with Gasteiger partial charge in [0.2, 0.25) is 0 Å². The van der Waals surface area contributed by atoms with Gasteiger partial charge in [0.05, 0.1) is 33.3 Å². The first-order valence-corrected chi connectivity index (χ1v) is 18.5. The van der Waals surface area contributed by atoms with E-state index in [2.05, 4.69) is 20.1 Å². The summed E-state index contributed by atoms with van der Waals surface area (Å²) >= 11 is 6.25. The predicted molar refractivity (Wildman–Crippen MR) is 196 cm³/mol. The van der Waals surface area contributed by atoms with E-state index in [0.717, 1.165) is 60.8 Å². The molecule has 3 aromatic carbocycles. The molecule has 0 saturated carbocycles. The zero-order valence-corrected chi connectivity index (χ0v) is 29.7. The van der Waals surface area contributed by atoms with Crippen LogP contribution in [0.25, 0.3) is 11.0 Å². The zero-order chi connectivity index (χ0) is 36.4. The molecule has 1 unspecified atom stereocenters. The fourth-order valence-electron chi connectivity index (χ4n) is 7.88. The number of hydrogen-bond donors (Lipinski definition) is 3. The molecule has 2 fully saturated rings. The van der Waals surface area contributed by atoms with E-state index in [9.17, 15) is 22.8 Å². The standard InChI is InChI=1S/C38H44ClF3N8O2/c39-29-23-25(22-28(34(29)43)38(40,41)42)24-32(35-44-31-10-3-4-11-33(31)50(35)18-7-17-47-15-5-6-16-47)46-36(51)48-19-13-27(14-20-48)49-21-12-26-8-1-2-9-30(26)45-37(49)52/h1-4,8-11,22-23,27,32H,5-7,12-21,24,43H2,(H,45,52)(H,46,51). The molecule has 4 amide bonds. The van der Waals surface area contributed by atoms with Crippen LogP contribution in [0.3, 0.4) is 0 Å². The van der Waals surface area contributed by atoms with Gasteiger partial charge in [0, 0.05) is 44.3 Å². The Balaban J connectivity index is 1.12. The van der Waals surface area contributed by atoms with Crippen LogP contribution in [-0.2, 0) is 25.6 Å². The summed E-state index contributed by atoms with van der Waals surface area (Å²) in [5, 5.41) is 5.98. The number of nitrogen functional groups attached to an aromatic ring is 1. The molecule has 0 aliphatic carbocycles. The van der Waals surface area contributed by atoms with E-state index in [1.54, 1.807) is 4.90 Å². The number of nitrogens with one attached hydrogen (secondary N) is 2. The van der Waals surface area contributed by atoms with E-state index >= 15 is 0 Å². The number of halogens is 4. The number of fused-ring (bicyclic) bond motifs is 2. The molecular weight excluding hydrogens is 693 g/mol. The molecule has 3 aliphatic rings. The summed E-state index contributed by atoms with van der Waals surface area (Å²) in [5.41, 5.74) is 8.05. The molecule has 4 aromatic rings. The molecule has 4 heterocycles. The van der Waals surface area contributed by atoms with E-state index in [-0.39, 0.29) is 35.1 Å². The number of amides is 4. The topological polar surface area (TPSA) is 112 Å². The summed E-state index contributed by atoms with van der Waals surface area (Å²) in [7, 11) is 0. The number of piperidine rings is 1. The zero-order valence-electron chi connectivity index (χ0n) is 29.0. The van der Waals surface area contributed by atoms with Crippen LogP contribution in [0.1, 0.15) is 60.7 Å². The van der Waals surface area contributed by atoms with Gasteiger partial charge in [0.25, 0.3) is 0 Å². The number of para-hydroxylation sites is 3. The van der Waals surface area contributed by atoms with E-state index in [1.165, 1.54) is 18.9 Å². The Labute approximate surface area is 306 Å². The fraction of sp³-hybridized carbons (Fsp3) is 0.447. The van der Waals surface area contributed by atoms with Crippen LogP contribution in [0.15, 0.2) is 60.7 Å². The van der Waals surface area contributed by atoms with Gasteiger partial charge in [-0.05, 0) is 99.6 Å². The number of alkyl halides is 3. The molecule has 10 nitrogen and oxygen atoms in total. The van der Waals surface area contributed by atoms with Crippen LogP contribution in [0.4, 0.5) is 34.1 Å². The molecular formula is C38H44ClF3N8O2. The Hall–Kier alpha value is -4.49. The summed E-state index contributed by atoms with van der Waals surface area (Å²) in [4.78, 5) is 38.2. The lowest BCUT2D eigenvalue weighted by Crippen LogP contribution is -2.52. The normalized spacial score (nSPS) is 18.0. The molecule has 0 bridgehead atoms. The first kappa shape index (κ1) is 35.9. The molecule has 52 heavy (non-hydrogen) atoms. The van der Waals surface area contributed by atoms with Gasteiger partial charge in [0.15, 0.2) is 0 Å². The highest BCUT2D eigenvalue weighted by atomic mass is 35.5. The van der Waals surface area contributed by atoms with E-state index < -0.39 is 23.5 Å². The number of carbonyl (C=O) groups excluding carboxylic acids is 2. The Bertz CT molecular complexity index is 1920. The van der Waals surface area contributed by atoms with Gasteiger partial charge in [-0.25, -0.2) is 14.6 Å². The summed E-state index contributed by atoms with van der Waals surface area (Å²) in [6.07, 6.45) is 0.461. The van der Waals surface area contributed by atoms with Crippen LogP contribution in [-0.4, -0.2) is 81.6 Å². The summed E-state index contributed by atoms with van der Waals surface area (Å²) in [6.45, 7) is 5.10. The monoisotopic (exact) mass is 736 g/mol. The molecule has 1 aromatic heterocycles. The highest BCUT2D eigenvalue weighted by molar-refractivity contribution is 6.33. The maximum absolute atomic E-state index is 14.0. The van der Waals surface area contributed by atoms with Crippen molar-refractivity contribution in [3.63, 3.8) is 0 Å². The second kappa shape index (κ2) is 15.2. The van der Waals surface area contributed by atoms with Gasteiger partial charge in [-0.1, -0.05) is 41.9 Å². The first-order chi connectivity index (χ1) is 25.0. The van der Waals surface area contributed by atoms with E-state index in [1.807, 2.05) is 53.4 Å². The third-order valence-electron chi connectivity index (χ3n) is 10.6. The van der Waals surface area contributed by atoms with Gasteiger partial charge in [-0.15, -0.1) is 0 Å². The number of nitrogens with two attached hydrogens (primary N) is 1. The van der Waals surface area contributed by atoms with Crippen molar-refractivity contribution in [2.24, 2.45) is 0 Å². The number of imidazole rings is 1. The van der Waals surface area contributed by atoms with Crippen molar-refractivity contribution in [3.8, 4) is 0 Å². The highest BCUT2D eigenvalue weighted by Crippen LogP contribution is 2.39. The molecule has 0 radical (unpaired) electrons. The second-order valence-electron chi connectivity index (χ2n) is 14.0. The van der Waals surface area contributed by atoms with Gasteiger partial charge in [-0.2, -0.15) is 13.2 Å². The van der Waals surface area contributed by atoms with Gasteiger partial charge >= 0.3 is 18.2 Å². The highest BCUT2D eigenvalue weighted by Gasteiger charge is 2.36. The number of rotatable bonds is 9. The smallest absolute Gasteiger partial charge is 0.397 e. The number of likely N-dealkylation sites (tertiary alicyclic amines) is 2. The number of aromatic nitrogens is 2. The second-order valence-corrected chi connectivity index (χ2v) is 14.4. The minimum absolute atomic E-state index is 0.00917. The lowest BCUT2D eigenvalue weighted by molar-refractivity contribution is -0.137. The molecule has 276 valence electrons. The number of carbonyl (C=O) groups is 2. The number of nitrogens with zero attached hydrogens (tertiary/aromatic N) is 5. The van der Waals surface area contributed by atoms with Crippen LogP contribution in [0.5, 0.6) is 0 Å². The molecule has 4 N–H and O–H groups in total. The summed E-state index contributed by atoms with van der Waals surface area (Å²) < 4.78 is 44.1. The average molecular weight is 737 g/mol. The minimum atomic E-state index is -4.71. The van der Waals surface area contributed by atoms with Gasteiger partial charge in [-0.3, -0.25) is 0 Å². The molecule has 3 aliphatic heterocycles. The lowest BCUT2D eigenvalue weighted by Gasteiger charge is -2.38. The number of aryl methyl sites for hydroxylation is 1. The summed E-state index contributed by atoms with van der Waals surface area (Å²) in [5.74, 6) is 0.563. The van der Waals surface area contributed by atoms with Crippen molar-refractivity contribution in [2.75, 3.05) is 50.3 Å². The van der Waals surface area contributed by atoms with Gasteiger partial charge in [0.1, 0.15) is 5.82 Å². The Morgan fingerprint density at radius 2 is 1.73 bits per heavy atom. The molecule has 1 atom stereocenters. The first-order valence-electron chi connectivity index (χ1n) is 18.1. The lowest BCUT2D eigenvalue weighted by atomic mass is 10.0. The van der Waals surface area contributed by atoms with Gasteiger partial charge < -0.3 is 35.6 Å². The van der Waals surface area contributed by atoms with Crippen LogP contribution in [0.2, 0.25) is 5.02 Å². The van der Waals surface area contributed by atoms with Crippen molar-refractivity contribution in [3.05, 3.63) is 88.2 Å². The number of benzene rings is 3. The predicted octanol–water partition coefficient (Wildman–Crippen LogP) is 7.32. The Kier molecular flexibility index (Phi) is 10.5. The Morgan fingerprint density at radius 3 is 2.50 bits per heavy atom. The minimum Gasteiger partial charge on any atom is -0.397 e. The van der Waals surface area contributed by atoms with Crippen LogP contribution >= 0.6 is 11.6 Å². The molecule has 7 rings (SSSR count). The van der Waals surface area contributed by atoms with Crippen molar-refractivity contribution in [1.82, 2.24) is 29.6 Å². The maximum Gasteiger partial charge on any atom is 0.418 e. The molecule has 14 heteroatoms. The molecule has 2 saturated heterocycles. The fourth-order valence-corrected chi connectivity index (χ4v) is 8.12. The van der Waals surface area contributed by atoms with E-state index in [4.69, 9.17) is 22.3 Å². The van der Waals surface area contributed by atoms with Crippen molar-refractivity contribution in [2.45, 2.75) is 69.8 Å². The van der Waals surface area contributed by atoms with Crippen molar-refractivity contribution >= 4 is 46.1 Å². The number of urea groups is 2. The van der Waals surface area contributed by atoms with Crippen LogP contribution < -0.4 is 16.4 Å².